The highest BCUT2D eigenvalue weighted by atomic mass is 19.2. The molecule has 1 heterocycles. The number of hydrogen-bond donors (Lipinski definition) is 1. The predicted molar refractivity (Wildman–Crippen MR) is 89.8 cm³/mol. The van der Waals surface area contributed by atoms with E-state index in [1.165, 1.54) is 12.1 Å². The van der Waals surface area contributed by atoms with Gasteiger partial charge in [0.15, 0.2) is 17.5 Å². The molecule has 1 N–H and O–H groups in total. The van der Waals surface area contributed by atoms with Crippen LogP contribution in [0.15, 0.2) is 30.5 Å². The predicted octanol–water partition coefficient (Wildman–Crippen LogP) is 3.85. The van der Waals surface area contributed by atoms with Crippen LogP contribution in [0.3, 0.4) is 0 Å². The molecule has 1 aromatic carbocycles. The van der Waals surface area contributed by atoms with Crippen LogP contribution in [0.25, 0.3) is 0 Å². The number of aromatic nitrogens is 1. The minimum absolute atomic E-state index is 0.00699. The van der Waals surface area contributed by atoms with Crippen LogP contribution in [0.2, 0.25) is 0 Å². The van der Waals surface area contributed by atoms with Gasteiger partial charge in [0, 0.05) is 12.6 Å². The zero-order chi connectivity index (χ0) is 19.8. The first-order valence-electron chi connectivity index (χ1n) is 8.05. The molecular formula is C17H16F3N3O4. The lowest BCUT2D eigenvalue weighted by atomic mass is 10.2. The van der Waals surface area contributed by atoms with E-state index in [9.17, 15) is 28.1 Å². The van der Waals surface area contributed by atoms with Crippen LogP contribution in [0.4, 0.5) is 24.7 Å². The largest absolute Gasteiger partial charge is 0.462 e. The van der Waals surface area contributed by atoms with Gasteiger partial charge in [0.1, 0.15) is 12.0 Å². The number of nitro groups is 1. The Balaban J connectivity index is 1.64. The summed E-state index contributed by atoms with van der Waals surface area (Å²) in [5.74, 6) is -5.21. The molecule has 7 nitrogen and oxygen atoms in total. The number of rotatable bonds is 9. The molecule has 27 heavy (non-hydrogen) atoms. The van der Waals surface area contributed by atoms with Crippen LogP contribution in [-0.4, -0.2) is 29.0 Å². The fourth-order valence-corrected chi connectivity index (χ4v) is 2.15. The quantitative estimate of drug-likeness (QED) is 0.232. The number of nitrogens with zero attached hydrogens (tertiary/aromatic N) is 2. The molecule has 0 bridgehead atoms. The average molecular weight is 383 g/mol. The number of ether oxygens (including phenoxy) is 1. The molecule has 1 aromatic heterocycles. The summed E-state index contributed by atoms with van der Waals surface area (Å²) < 4.78 is 44.2. The van der Waals surface area contributed by atoms with E-state index in [2.05, 4.69) is 10.3 Å². The lowest BCUT2D eigenvalue weighted by Crippen LogP contribution is -2.11. The maximum absolute atomic E-state index is 13.5. The van der Waals surface area contributed by atoms with Crippen molar-refractivity contribution in [2.24, 2.45) is 0 Å². The van der Waals surface area contributed by atoms with E-state index in [0.29, 0.717) is 37.7 Å². The Kier molecular flexibility index (Phi) is 7.09. The smallest absolute Gasteiger partial charge is 0.341 e. The van der Waals surface area contributed by atoms with Crippen molar-refractivity contribution in [2.75, 3.05) is 18.5 Å². The number of anilines is 1. The first-order valence-corrected chi connectivity index (χ1v) is 8.05. The van der Waals surface area contributed by atoms with Gasteiger partial charge in [0.25, 0.3) is 5.69 Å². The fourth-order valence-electron chi connectivity index (χ4n) is 2.15. The molecule has 2 aromatic rings. The Hall–Kier alpha value is -3.17. The highest BCUT2D eigenvalue weighted by molar-refractivity contribution is 5.89. The fraction of sp³-hybridized carbons (Fsp3) is 0.294. The van der Waals surface area contributed by atoms with Crippen molar-refractivity contribution < 1.29 is 27.6 Å². The topological polar surface area (TPSA) is 94.4 Å². The number of unbranched alkanes of at least 4 members (excludes halogenated alkanes) is 2. The molecule has 0 amide bonds. The Bertz CT molecular complexity index is 816. The zero-order valence-electron chi connectivity index (χ0n) is 14.1. The Labute approximate surface area is 152 Å². The summed E-state index contributed by atoms with van der Waals surface area (Å²) in [4.78, 5) is 25.5. The summed E-state index contributed by atoms with van der Waals surface area (Å²) in [6.45, 7) is 0.559. The lowest BCUT2D eigenvalue weighted by Gasteiger charge is -2.07. The monoisotopic (exact) mass is 383 g/mol. The average Bonchev–Trinajstić information content (AvgIpc) is 2.65. The first kappa shape index (κ1) is 20.1. The van der Waals surface area contributed by atoms with Gasteiger partial charge in [0.2, 0.25) is 0 Å². The van der Waals surface area contributed by atoms with Gasteiger partial charge in [-0.15, -0.1) is 0 Å². The van der Waals surface area contributed by atoms with Gasteiger partial charge >= 0.3 is 5.97 Å². The maximum Gasteiger partial charge on any atom is 0.341 e. The van der Waals surface area contributed by atoms with E-state index in [-0.39, 0.29) is 12.3 Å². The molecule has 0 aliphatic carbocycles. The van der Waals surface area contributed by atoms with Crippen LogP contribution in [0.1, 0.15) is 29.6 Å². The number of halogens is 3. The summed E-state index contributed by atoms with van der Waals surface area (Å²) in [6.07, 6.45) is 3.02. The van der Waals surface area contributed by atoms with Crippen LogP contribution >= 0.6 is 0 Å². The Morgan fingerprint density at radius 2 is 1.89 bits per heavy atom. The van der Waals surface area contributed by atoms with Gasteiger partial charge in [-0.05, 0) is 37.5 Å². The summed E-state index contributed by atoms with van der Waals surface area (Å²) >= 11 is 0. The Morgan fingerprint density at radius 3 is 2.56 bits per heavy atom. The number of nitrogens with one attached hydrogen (secondary N) is 1. The van der Waals surface area contributed by atoms with E-state index in [0.717, 1.165) is 12.3 Å². The van der Waals surface area contributed by atoms with E-state index in [1.807, 2.05) is 0 Å². The van der Waals surface area contributed by atoms with Crippen LogP contribution in [0.5, 0.6) is 0 Å². The summed E-state index contributed by atoms with van der Waals surface area (Å²) in [5, 5.41) is 13.5. The second-order valence-corrected chi connectivity index (χ2v) is 5.51. The third kappa shape index (κ3) is 5.66. The van der Waals surface area contributed by atoms with Gasteiger partial charge in [-0.25, -0.2) is 22.9 Å². The van der Waals surface area contributed by atoms with Gasteiger partial charge in [0.05, 0.1) is 17.1 Å². The van der Waals surface area contributed by atoms with Gasteiger partial charge < -0.3 is 10.1 Å². The molecule has 2 rings (SSSR count). The Morgan fingerprint density at radius 1 is 1.11 bits per heavy atom. The van der Waals surface area contributed by atoms with Gasteiger partial charge in [-0.3, -0.25) is 10.1 Å². The molecule has 0 saturated heterocycles. The van der Waals surface area contributed by atoms with Crippen molar-refractivity contribution in [3.8, 4) is 0 Å². The molecular weight excluding hydrogens is 367 g/mol. The molecule has 0 atom stereocenters. The van der Waals surface area contributed by atoms with Gasteiger partial charge in [-0.2, -0.15) is 0 Å². The molecule has 0 aliphatic rings. The highest BCUT2D eigenvalue weighted by Gasteiger charge is 2.19. The van der Waals surface area contributed by atoms with Crippen molar-refractivity contribution in [1.29, 1.82) is 0 Å². The van der Waals surface area contributed by atoms with Crippen LogP contribution in [0, 0.1) is 27.6 Å². The number of esters is 1. The van der Waals surface area contributed by atoms with E-state index in [1.54, 1.807) is 0 Å². The molecule has 144 valence electrons. The molecule has 0 spiro atoms. The minimum atomic E-state index is -1.71. The van der Waals surface area contributed by atoms with Gasteiger partial charge in [-0.1, -0.05) is 0 Å². The van der Waals surface area contributed by atoms with E-state index >= 15 is 0 Å². The standard InChI is InChI=1S/C17H16F3N3O4/c18-13-6-5-12(15(19)16(13)20)17(24)27-9-3-1-2-8-21-14-7-4-11(10-22-14)23(25)26/h4-7,10H,1-3,8-9H2,(H,21,22). The van der Waals surface area contributed by atoms with E-state index in [4.69, 9.17) is 4.74 Å². The molecule has 0 unspecified atom stereocenters. The summed E-state index contributed by atoms with van der Waals surface area (Å²) in [7, 11) is 0. The molecule has 0 radical (unpaired) electrons. The zero-order valence-corrected chi connectivity index (χ0v) is 14.1. The van der Waals surface area contributed by atoms with Crippen molar-refractivity contribution in [3.63, 3.8) is 0 Å². The van der Waals surface area contributed by atoms with Crippen LogP contribution < -0.4 is 5.32 Å². The minimum Gasteiger partial charge on any atom is -0.462 e. The SMILES string of the molecule is O=C(OCCCCCNc1ccc([N+](=O)[O-])cn1)c1ccc(F)c(F)c1F. The summed E-state index contributed by atoms with van der Waals surface area (Å²) in [5.41, 5.74) is -0.750. The number of benzene rings is 1. The van der Waals surface area contributed by atoms with Crippen molar-refractivity contribution in [2.45, 2.75) is 19.3 Å². The second kappa shape index (κ2) is 9.51. The second-order valence-electron chi connectivity index (χ2n) is 5.51. The number of carbonyl (C=O) groups excluding carboxylic acids is 1. The lowest BCUT2D eigenvalue weighted by molar-refractivity contribution is -0.385. The highest BCUT2D eigenvalue weighted by Crippen LogP contribution is 2.16. The van der Waals surface area contributed by atoms with Crippen molar-refractivity contribution >= 4 is 17.5 Å². The molecule has 0 aliphatic heterocycles. The molecule has 10 heteroatoms. The number of pyridine rings is 1. The third-order valence-electron chi connectivity index (χ3n) is 3.57. The van der Waals surface area contributed by atoms with Crippen molar-refractivity contribution in [1.82, 2.24) is 4.98 Å². The molecule has 0 fully saturated rings. The first-order chi connectivity index (χ1) is 12.9. The number of hydrogen-bond acceptors (Lipinski definition) is 6. The third-order valence-corrected chi connectivity index (χ3v) is 3.57. The van der Waals surface area contributed by atoms with Crippen LogP contribution in [-0.2, 0) is 4.74 Å². The molecule has 0 saturated carbocycles. The normalized spacial score (nSPS) is 10.5. The summed E-state index contributed by atoms with van der Waals surface area (Å²) in [6, 6.07) is 4.33. The maximum atomic E-state index is 13.5. The van der Waals surface area contributed by atoms with E-state index < -0.39 is 33.9 Å². The number of carbonyl (C=O) groups is 1. The van der Waals surface area contributed by atoms with Crippen molar-refractivity contribution in [3.05, 3.63) is 63.6 Å².